The van der Waals surface area contributed by atoms with Crippen molar-refractivity contribution in [2.45, 2.75) is 18.9 Å². The monoisotopic (exact) mass is 344 g/mol. The Labute approximate surface area is 144 Å². The number of anilines is 1. The van der Waals surface area contributed by atoms with E-state index in [1.807, 2.05) is 12.1 Å². The molecule has 1 fully saturated rings. The average molecular weight is 345 g/mol. The molecule has 1 aliphatic heterocycles. The molecule has 6 heteroatoms. The molecule has 2 aromatic carbocycles. The molecular weight excluding hydrogens is 328 g/mol. The second-order valence-electron chi connectivity index (χ2n) is 5.69. The van der Waals surface area contributed by atoms with Crippen molar-refractivity contribution in [3.8, 4) is 5.75 Å². The lowest BCUT2D eigenvalue weighted by atomic mass is 10.1. The van der Waals surface area contributed by atoms with Gasteiger partial charge in [0.1, 0.15) is 11.8 Å². The average Bonchev–Trinajstić information content (AvgIpc) is 2.91. The Morgan fingerprint density at radius 1 is 1.21 bits per heavy atom. The minimum Gasteiger partial charge on any atom is -0.508 e. The molecule has 0 saturated carbocycles. The van der Waals surface area contributed by atoms with Crippen LogP contribution < -0.4 is 10.2 Å². The van der Waals surface area contributed by atoms with E-state index >= 15 is 0 Å². The molecule has 1 aliphatic rings. The number of hydrogen-bond donors (Lipinski definition) is 2. The third kappa shape index (κ3) is 3.51. The maximum absolute atomic E-state index is 12.5. The summed E-state index contributed by atoms with van der Waals surface area (Å²) >= 11 is 6.14. The van der Waals surface area contributed by atoms with Gasteiger partial charge in [-0.3, -0.25) is 9.59 Å². The van der Waals surface area contributed by atoms with Crippen LogP contribution in [0.15, 0.2) is 48.5 Å². The van der Waals surface area contributed by atoms with Gasteiger partial charge in [0.2, 0.25) is 11.8 Å². The van der Waals surface area contributed by atoms with Gasteiger partial charge in [0.05, 0.1) is 17.1 Å². The molecule has 5 nitrogen and oxygen atoms in total. The van der Waals surface area contributed by atoms with E-state index in [1.54, 1.807) is 29.2 Å². The SMILES string of the molecule is O=C(Cc1ccc(O)cc1)NC1CCN(c2ccccc2Cl)C1=O. The fourth-order valence-corrected chi connectivity index (χ4v) is 3.01. The minimum absolute atomic E-state index is 0.151. The smallest absolute Gasteiger partial charge is 0.249 e. The second-order valence-corrected chi connectivity index (χ2v) is 6.10. The molecule has 1 unspecified atom stereocenters. The van der Waals surface area contributed by atoms with Crippen molar-refractivity contribution in [2.24, 2.45) is 0 Å². The Bertz CT molecular complexity index is 761. The fourth-order valence-electron chi connectivity index (χ4n) is 2.77. The number of benzene rings is 2. The third-order valence-corrected chi connectivity index (χ3v) is 4.30. The molecule has 0 aromatic heterocycles. The van der Waals surface area contributed by atoms with Crippen molar-refractivity contribution in [2.75, 3.05) is 11.4 Å². The first kappa shape index (κ1) is 16.3. The van der Waals surface area contributed by atoms with E-state index in [0.29, 0.717) is 23.7 Å². The molecule has 124 valence electrons. The molecule has 1 atom stereocenters. The number of carbonyl (C=O) groups is 2. The number of rotatable bonds is 4. The number of phenolic OH excluding ortho intramolecular Hbond substituents is 1. The first-order chi connectivity index (χ1) is 11.5. The Morgan fingerprint density at radius 3 is 2.62 bits per heavy atom. The Morgan fingerprint density at radius 2 is 1.92 bits per heavy atom. The standard InChI is InChI=1S/C18H17ClN2O3/c19-14-3-1-2-4-16(14)21-10-9-15(18(21)24)20-17(23)11-12-5-7-13(22)8-6-12/h1-8,15,22H,9-11H2,(H,20,23). The van der Waals surface area contributed by atoms with Gasteiger partial charge >= 0.3 is 0 Å². The summed E-state index contributed by atoms with van der Waals surface area (Å²) in [5, 5.41) is 12.5. The largest absolute Gasteiger partial charge is 0.508 e. The van der Waals surface area contributed by atoms with E-state index in [2.05, 4.69) is 5.32 Å². The lowest BCUT2D eigenvalue weighted by Crippen LogP contribution is -2.42. The second kappa shape index (κ2) is 6.93. The summed E-state index contributed by atoms with van der Waals surface area (Å²) in [5.41, 5.74) is 1.44. The van der Waals surface area contributed by atoms with Gasteiger partial charge in [0, 0.05) is 6.54 Å². The number of nitrogens with zero attached hydrogens (tertiary/aromatic N) is 1. The van der Waals surface area contributed by atoms with E-state index in [1.165, 1.54) is 12.1 Å². The van der Waals surface area contributed by atoms with Crippen LogP contribution >= 0.6 is 11.6 Å². The van der Waals surface area contributed by atoms with Crippen molar-refractivity contribution < 1.29 is 14.7 Å². The summed E-state index contributed by atoms with van der Waals surface area (Å²) in [7, 11) is 0. The summed E-state index contributed by atoms with van der Waals surface area (Å²) in [6, 6.07) is 13.1. The van der Waals surface area contributed by atoms with Gasteiger partial charge in [-0.25, -0.2) is 0 Å². The van der Waals surface area contributed by atoms with Crippen LogP contribution in [0.2, 0.25) is 5.02 Å². The topological polar surface area (TPSA) is 69.6 Å². The van der Waals surface area contributed by atoms with E-state index in [4.69, 9.17) is 11.6 Å². The quantitative estimate of drug-likeness (QED) is 0.895. The Hall–Kier alpha value is -2.53. The summed E-state index contributed by atoms with van der Waals surface area (Å²) in [5.74, 6) is -0.220. The van der Waals surface area contributed by atoms with Gasteiger partial charge in [-0.2, -0.15) is 0 Å². The van der Waals surface area contributed by atoms with Crippen molar-refractivity contribution in [3.63, 3.8) is 0 Å². The molecule has 24 heavy (non-hydrogen) atoms. The lowest BCUT2D eigenvalue weighted by molar-refractivity contribution is -0.126. The fraction of sp³-hybridized carbons (Fsp3) is 0.222. The van der Waals surface area contributed by atoms with Crippen molar-refractivity contribution >= 4 is 29.1 Å². The van der Waals surface area contributed by atoms with Crippen LogP contribution in [-0.2, 0) is 16.0 Å². The first-order valence-corrected chi connectivity index (χ1v) is 8.05. The van der Waals surface area contributed by atoms with Crippen LogP contribution in [0.1, 0.15) is 12.0 Å². The van der Waals surface area contributed by atoms with Gasteiger partial charge in [0.25, 0.3) is 0 Å². The molecule has 0 bridgehead atoms. The molecule has 1 saturated heterocycles. The molecule has 1 heterocycles. The van der Waals surface area contributed by atoms with Gasteiger partial charge < -0.3 is 15.3 Å². The van der Waals surface area contributed by atoms with Gasteiger partial charge in [-0.05, 0) is 36.2 Å². The van der Waals surface area contributed by atoms with Crippen LogP contribution in [0, 0.1) is 0 Å². The van der Waals surface area contributed by atoms with Gasteiger partial charge in [-0.15, -0.1) is 0 Å². The first-order valence-electron chi connectivity index (χ1n) is 7.68. The predicted octanol–water partition coefficient (Wildman–Crippen LogP) is 2.51. The van der Waals surface area contributed by atoms with Crippen molar-refractivity contribution in [3.05, 3.63) is 59.1 Å². The number of halogens is 1. The van der Waals surface area contributed by atoms with Crippen LogP contribution in [-0.4, -0.2) is 29.5 Å². The van der Waals surface area contributed by atoms with E-state index < -0.39 is 6.04 Å². The van der Waals surface area contributed by atoms with E-state index in [0.717, 1.165) is 5.56 Å². The number of nitrogens with one attached hydrogen (secondary N) is 1. The number of carbonyl (C=O) groups excluding carboxylic acids is 2. The molecule has 2 amide bonds. The zero-order valence-electron chi connectivity index (χ0n) is 12.9. The lowest BCUT2D eigenvalue weighted by Gasteiger charge is -2.18. The number of hydrogen-bond acceptors (Lipinski definition) is 3. The number of para-hydroxylation sites is 1. The molecule has 0 radical (unpaired) electrons. The predicted molar refractivity (Wildman–Crippen MR) is 92.2 cm³/mol. The van der Waals surface area contributed by atoms with Crippen LogP contribution in [0.25, 0.3) is 0 Å². The summed E-state index contributed by atoms with van der Waals surface area (Å²) < 4.78 is 0. The summed E-state index contributed by atoms with van der Waals surface area (Å²) in [4.78, 5) is 26.3. The van der Waals surface area contributed by atoms with Crippen LogP contribution in [0.5, 0.6) is 5.75 Å². The number of amides is 2. The maximum Gasteiger partial charge on any atom is 0.249 e. The van der Waals surface area contributed by atoms with Crippen molar-refractivity contribution in [1.29, 1.82) is 0 Å². The van der Waals surface area contributed by atoms with Gasteiger partial charge in [-0.1, -0.05) is 35.9 Å². The molecular formula is C18H17ClN2O3. The number of phenols is 1. The highest BCUT2D eigenvalue weighted by atomic mass is 35.5. The third-order valence-electron chi connectivity index (χ3n) is 3.98. The highest BCUT2D eigenvalue weighted by Crippen LogP contribution is 2.29. The van der Waals surface area contributed by atoms with Gasteiger partial charge in [0.15, 0.2) is 0 Å². The molecule has 0 spiro atoms. The molecule has 2 aromatic rings. The van der Waals surface area contributed by atoms with Crippen LogP contribution in [0.3, 0.4) is 0 Å². The Balaban J connectivity index is 1.62. The minimum atomic E-state index is -0.536. The highest BCUT2D eigenvalue weighted by Gasteiger charge is 2.34. The van der Waals surface area contributed by atoms with E-state index in [-0.39, 0.29) is 24.0 Å². The molecule has 0 aliphatic carbocycles. The summed E-state index contributed by atoms with van der Waals surface area (Å²) in [6.07, 6.45) is 0.710. The normalized spacial score (nSPS) is 17.1. The maximum atomic E-state index is 12.5. The van der Waals surface area contributed by atoms with Crippen LogP contribution in [0.4, 0.5) is 5.69 Å². The zero-order valence-corrected chi connectivity index (χ0v) is 13.7. The van der Waals surface area contributed by atoms with Crippen molar-refractivity contribution in [1.82, 2.24) is 5.32 Å². The zero-order chi connectivity index (χ0) is 17.1. The highest BCUT2D eigenvalue weighted by molar-refractivity contribution is 6.34. The van der Waals surface area contributed by atoms with E-state index in [9.17, 15) is 14.7 Å². The Kier molecular flexibility index (Phi) is 4.71. The summed E-state index contributed by atoms with van der Waals surface area (Å²) in [6.45, 7) is 0.521. The number of aromatic hydroxyl groups is 1. The molecule has 2 N–H and O–H groups in total. The molecule has 3 rings (SSSR count).